The number of benzene rings is 1. The van der Waals surface area contributed by atoms with E-state index in [2.05, 4.69) is 43.4 Å². The molecule has 116 valence electrons. The first kappa shape index (κ1) is 15.1. The molecule has 1 N–H and O–H groups in total. The standard InChI is InChI=1S/C19H29NO/c1-3-19(4-2)13-18(11-12-21-19)20-14-15-5-7-16(8-6-15)17-9-10-17/h5-8,17-18,20H,3-4,9-14H2,1-2H3. The molecule has 3 rings (SSSR count). The Morgan fingerprint density at radius 2 is 1.81 bits per heavy atom. The highest BCUT2D eigenvalue weighted by Crippen LogP contribution is 2.39. The molecule has 2 fully saturated rings. The molecular formula is C19H29NO. The molecular weight excluding hydrogens is 258 g/mol. The summed E-state index contributed by atoms with van der Waals surface area (Å²) in [5, 5.41) is 3.75. The molecule has 1 unspecified atom stereocenters. The highest BCUT2D eigenvalue weighted by molar-refractivity contribution is 5.28. The molecule has 0 aromatic heterocycles. The van der Waals surface area contributed by atoms with Crippen LogP contribution in [0, 0.1) is 0 Å². The fourth-order valence-corrected chi connectivity index (χ4v) is 3.53. The van der Waals surface area contributed by atoms with Crippen LogP contribution < -0.4 is 5.32 Å². The van der Waals surface area contributed by atoms with Gasteiger partial charge in [0.1, 0.15) is 0 Å². The Bertz CT molecular complexity index is 445. The monoisotopic (exact) mass is 287 g/mol. The molecule has 0 radical (unpaired) electrons. The van der Waals surface area contributed by atoms with Crippen molar-refractivity contribution in [3.05, 3.63) is 35.4 Å². The molecule has 1 aromatic rings. The van der Waals surface area contributed by atoms with Gasteiger partial charge in [-0.05, 0) is 55.6 Å². The predicted molar refractivity (Wildman–Crippen MR) is 87.5 cm³/mol. The van der Waals surface area contributed by atoms with Crippen LogP contribution >= 0.6 is 0 Å². The molecule has 21 heavy (non-hydrogen) atoms. The van der Waals surface area contributed by atoms with Crippen LogP contribution in [-0.4, -0.2) is 18.2 Å². The molecule has 1 aromatic carbocycles. The summed E-state index contributed by atoms with van der Waals surface area (Å²) in [4.78, 5) is 0. The summed E-state index contributed by atoms with van der Waals surface area (Å²) in [6, 6.07) is 9.84. The van der Waals surface area contributed by atoms with Crippen LogP contribution in [0.2, 0.25) is 0 Å². The Kier molecular flexibility index (Phi) is 4.66. The molecule has 1 atom stereocenters. The lowest BCUT2D eigenvalue weighted by Gasteiger charge is -2.40. The minimum absolute atomic E-state index is 0.117. The largest absolute Gasteiger partial charge is 0.375 e. The zero-order valence-corrected chi connectivity index (χ0v) is 13.5. The highest BCUT2D eigenvalue weighted by atomic mass is 16.5. The van der Waals surface area contributed by atoms with Crippen molar-refractivity contribution in [2.75, 3.05) is 6.61 Å². The number of rotatable bonds is 6. The van der Waals surface area contributed by atoms with Gasteiger partial charge in [-0.1, -0.05) is 38.1 Å². The summed E-state index contributed by atoms with van der Waals surface area (Å²) in [6.07, 6.45) is 7.31. The lowest BCUT2D eigenvalue weighted by Crippen LogP contribution is -2.46. The van der Waals surface area contributed by atoms with Crippen molar-refractivity contribution in [2.45, 2.75) is 76.5 Å². The molecule has 2 nitrogen and oxygen atoms in total. The Labute approximate surface area is 129 Å². The molecule has 0 bridgehead atoms. The lowest BCUT2D eigenvalue weighted by molar-refractivity contribution is -0.0932. The summed E-state index contributed by atoms with van der Waals surface area (Å²) in [6.45, 7) is 6.39. The van der Waals surface area contributed by atoms with Crippen molar-refractivity contribution in [3.8, 4) is 0 Å². The third kappa shape index (κ3) is 3.67. The first-order valence-corrected chi connectivity index (χ1v) is 8.71. The van der Waals surface area contributed by atoms with Gasteiger partial charge in [-0.25, -0.2) is 0 Å². The van der Waals surface area contributed by atoms with Gasteiger partial charge in [0.15, 0.2) is 0 Å². The van der Waals surface area contributed by atoms with E-state index in [1.54, 1.807) is 0 Å². The maximum absolute atomic E-state index is 6.06. The average Bonchev–Trinajstić information content (AvgIpc) is 3.38. The molecule has 1 heterocycles. The van der Waals surface area contributed by atoms with Gasteiger partial charge in [-0.3, -0.25) is 0 Å². The second-order valence-corrected chi connectivity index (χ2v) is 6.83. The molecule has 1 saturated carbocycles. The van der Waals surface area contributed by atoms with Crippen LogP contribution in [0.15, 0.2) is 24.3 Å². The number of ether oxygens (including phenoxy) is 1. The van der Waals surface area contributed by atoms with Gasteiger partial charge in [-0.15, -0.1) is 0 Å². The van der Waals surface area contributed by atoms with E-state index < -0.39 is 0 Å². The van der Waals surface area contributed by atoms with E-state index in [1.165, 1.54) is 24.0 Å². The Hall–Kier alpha value is -0.860. The summed E-state index contributed by atoms with van der Waals surface area (Å²) in [5.41, 5.74) is 3.05. The second-order valence-electron chi connectivity index (χ2n) is 6.83. The topological polar surface area (TPSA) is 21.3 Å². The van der Waals surface area contributed by atoms with Crippen LogP contribution in [0.5, 0.6) is 0 Å². The smallest absolute Gasteiger partial charge is 0.0692 e. The summed E-state index contributed by atoms with van der Waals surface area (Å²) >= 11 is 0. The van der Waals surface area contributed by atoms with Crippen molar-refractivity contribution >= 4 is 0 Å². The van der Waals surface area contributed by atoms with E-state index in [4.69, 9.17) is 4.74 Å². The third-order valence-electron chi connectivity index (χ3n) is 5.40. The van der Waals surface area contributed by atoms with E-state index in [9.17, 15) is 0 Å². The van der Waals surface area contributed by atoms with Gasteiger partial charge < -0.3 is 10.1 Å². The minimum atomic E-state index is 0.117. The Morgan fingerprint density at radius 1 is 1.10 bits per heavy atom. The normalized spacial score (nSPS) is 25.0. The van der Waals surface area contributed by atoms with Gasteiger partial charge >= 0.3 is 0 Å². The molecule has 0 spiro atoms. The van der Waals surface area contributed by atoms with Crippen LogP contribution in [0.25, 0.3) is 0 Å². The first-order valence-electron chi connectivity index (χ1n) is 8.71. The van der Waals surface area contributed by atoms with Crippen LogP contribution in [0.3, 0.4) is 0 Å². The average molecular weight is 287 g/mol. The quantitative estimate of drug-likeness (QED) is 0.837. The van der Waals surface area contributed by atoms with Crippen molar-refractivity contribution in [1.82, 2.24) is 5.32 Å². The second kappa shape index (κ2) is 6.50. The summed E-state index contributed by atoms with van der Waals surface area (Å²) in [7, 11) is 0. The number of nitrogens with one attached hydrogen (secondary N) is 1. The van der Waals surface area contributed by atoms with E-state index in [-0.39, 0.29) is 5.60 Å². The van der Waals surface area contributed by atoms with Crippen molar-refractivity contribution in [3.63, 3.8) is 0 Å². The van der Waals surface area contributed by atoms with E-state index in [0.29, 0.717) is 6.04 Å². The lowest BCUT2D eigenvalue weighted by atomic mass is 9.86. The van der Waals surface area contributed by atoms with Crippen molar-refractivity contribution in [2.24, 2.45) is 0 Å². The Morgan fingerprint density at radius 3 is 2.43 bits per heavy atom. The van der Waals surface area contributed by atoms with Gasteiger partial charge in [-0.2, -0.15) is 0 Å². The maximum atomic E-state index is 6.06. The van der Waals surface area contributed by atoms with Crippen molar-refractivity contribution < 1.29 is 4.74 Å². The van der Waals surface area contributed by atoms with Crippen LogP contribution in [0.4, 0.5) is 0 Å². The maximum Gasteiger partial charge on any atom is 0.0692 e. The zero-order valence-electron chi connectivity index (χ0n) is 13.5. The third-order valence-corrected chi connectivity index (χ3v) is 5.40. The molecule has 1 aliphatic carbocycles. The van der Waals surface area contributed by atoms with Gasteiger partial charge in [0.2, 0.25) is 0 Å². The van der Waals surface area contributed by atoms with Crippen LogP contribution in [0.1, 0.15) is 69.4 Å². The highest BCUT2D eigenvalue weighted by Gasteiger charge is 2.34. The fourth-order valence-electron chi connectivity index (χ4n) is 3.53. The number of hydrogen-bond acceptors (Lipinski definition) is 2. The van der Waals surface area contributed by atoms with Gasteiger partial charge in [0.25, 0.3) is 0 Å². The molecule has 1 aliphatic heterocycles. The molecule has 0 amide bonds. The predicted octanol–water partition coefficient (Wildman–Crippen LogP) is 4.39. The van der Waals surface area contributed by atoms with Gasteiger partial charge in [0.05, 0.1) is 5.60 Å². The summed E-state index contributed by atoms with van der Waals surface area (Å²) < 4.78 is 6.06. The minimum Gasteiger partial charge on any atom is -0.375 e. The fraction of sp³-hybridized carbons (Fsp3) is 0.684. The number of hydrogen-bond donors (Lipinski definition) is 1. The van der Waals surface area contributed by atoms with Gasteiger partial charge in [0, 0.05) is 19.2 Å². The van der Waals surface area contributed by atoms with E-state index in [0.717, 1.165) is 44.8 Å². The summed E-state index contributed by atoms with van der Waals surface area (Å²) in [5.74, 6) is 0.859. The zero-order chi connectivity index (χ0) is 14.7. The molecule has 1 saturated heterocycles. The first-order chi connectivity index (χ1) is 10.2. The molecule has 2 aliphatic rings. The SMILES string of the molecule is CCC1(CC)CC(NCc2ccc(C3CC3)cc2)CCO1. The van der Waals surface area contributed by atoms with E-state index in [1.807, 2.05) is 0 Å². The van der Waals surface area contributed by atoms with Crippen molar-refractivity contribution in [1.29, 1.82) is 0 Å². The van der Waals surface area contributed by atoms with Crippen LogP contribution in [-0.2, 0) is 11.3 Å². The Balaban J connectivity index is 1.52. The molecule has 2 heteroatoms. The van der Waals surface area contributed by atoms with E-state index >= 15 is 0 Å².